The van der Waals surface area contributed by atoms with Gasteiger partial charge in [0.1, 0.15) is 5.00 Å². The number of nitrogens with two attached hydrogens (primary N) is 1. The molecule has 0 unspecified atom stereocenters. The summed E-state index contributed by atoms with van der Waals surface area (Å²) in [7, 11) is 0. The van der Waals surface area contributed by atoms with E-state index in [0.717, 1.165) is 42.5 Å². The molecule has 1 heterocycles. The van der Waals surface area contributed by atoms with E-state index in [0.29, 0.717) is 10.6 Å². The van der Waals surface area contributed by atoms with Gasteiger partial charge in [0.05, 0.1) is 5.56 Å². The van der Waals surface area contributed by atoms with E-state index in [9.17, 15) is 14.7 Å². The van der Waals surface area contributed by atoms with Gasteiger partial charge in [-0.2, -0.15) is 0 Å². The van der Waals surface area contributed by atoms with E-state index in [4.69, 9.17) is 5.73 Å². The Labute approximate surface area is 121 Å². The number of hydrogen-bond donors (Lipinski definition) is 3. The Bertz CT molecular complexity index is 563. The summed E-state index contributed by atoms with van der Waals surface area (Å²) in [6.45, 7) is 0.160. The zero-order valence-corrected chi connectivity index (χ0v) is 12.0. The van der Waals surface area contributed by atoms with Crippen molar-refractivity contribution in [1.82, 2.24) is 0 Å². The standard InChI is InChI=1S/C14H18N2O3S/c15-12(18)11-9-4-1-7(6-17)5-10(9)20-14(11)16-13(19)8-2-3-8/h7-8,17H,1-6H2,(H2,15,18)(H,16,19)/t7-/m1/s1. The lowest BCUT2D eigenvalue weighted by Gasteiger charge is -2.20. The second-order valence-electron chi connectivity index (χ2n) is 5.63. The molecule has 3 rings (SSSR count). The van der Waals surface area contributed by atoms with Gasteiger partial charge in [-0.25, -0.2) is 0 Å². The van der Waals surface area contributed by atoms with Crippen LogP contribution in [0.1, 0.15) is 40.1 Å². The number of carbonyl (C=O) groups is 2. The molecule has 1 fully saturated rings. The molecule has 1 aromatic rings. The Hall–Kier alpha value is -1.40. The van der Waals surface area contributed by atoms with Crippen molar-refractivity contribution >= 4 is 28.2 Å². The number of rotatable bonds is 4. The minimum atomic E-state index is -0.476. The Kier molecular flexibility index (Phi) is 3.52. The molecule has 2 aliphatic carbocycles. The molecule has 2 amide bonds. The number of aliphatic hydroxyl groups excluding tert-OH is 1. The van der Waals surface area contributed by atoms with Crippen LogP contribution in [-0.4, -0.2) is 23.5 Å². The number of primary amides is 1. The lowest BCUT2D eigenvalue weighted by molar-refractivity contribution is -0.117. The van der Waals surface area contributed by atoms with Gasteiger partial charge in [-0.15, -0.1) is 11.3 Å². The van der Waals surface area contributed by atoms with E-state index >= 15 is 0 Å². The smallest absolute Gasteiger partial charge is 0.251 e. The number of thiophene rings is 1. The largest absolute Gasteiger partial charge is 0.396 e. The summed E-state index contributed by atoms with van der Waals surface area (Å²) < 4.78 is 0. The quantitative estimate of drug-likeness (QED) is 0.781. The molecule has 0 saturated heterocycles. The summed E-state index contributed by atoms with van der Waals surface area (Å²) in [4.78, 5) is 24.7. The molecule has 108 valence electrons. The fourth-order valence-corrected chi connectivity index (χ4v) is 4.09. The number of hydrogen-bond acceptors (Lipinski definition) is 4. The first-order chi connectivity index (χ1) is 9.60. The summed E-state index contributed by atoms with van der Waals surface area (Å²) in [6.07, 6.45) is 4.21. The lowest BCUT2D eigenvalue weighted by atomic mass is 9.87. The fraction of sp³-hybridized carbons (Fsp3) is 0.571. The minimum Gasteiger partial charge on any atom is -0.396 e. The Morgan fingerprint density at radius 2 is 2.10 bits per heavy atom. The molecule has 1 aromatic heterocycles. The van der Waals surface area contributed by atoms with Crippen LogP contribution in [0.3, 0.4) is 0 Å². The molecule has 5 nitrogen and oxygen atoms in total. The van der Waals surface area contributed by atoms with Crippen LogP contribution in [0.25, 0.3) is 0 Å². The summed E-state index contributed by atoms with van der Waals surface area (Å²) >= 11 is 1.44. The van der Waals surface area contributed by atoms with E-state index in [1.807, 2.05) is 0 Å². The van der Waals surface area contributed by atoms with Gasteiger partial charge in [-0.05, 0) is 43.6 Å². The lowest BCUT2D eigenvalue weighted by Crippen LogP contribution is -2.21. The summed E-state index contributed by atoms with van der Waals surface area (Å²) in [6, 6.07) is 0. The molecule has 4 N–H and O–H groups in total. The van der Waals surface area contributed by atoms with Crippen LogP contribution in [-0.2, 0) is 17.6 Å². The average Bonchev–Trinajstić information content (AvgIpc) is 3.19. The predicted octanol–water partition coefficient (Wildman–Crippen LogP) is 1.29. The Morgan fingerprint density at radius 1 is 1.35 bits per heavy atom. The van der Waals surface area contributed by atoms with E-state index in [1.54, 1.807) is 0 Å². The first kappa shape index (κ1) is 13.6. The molecule has 0 aromatic carbocycles. The van der Waals surface area contributed by atoms with Crippen molar-refractivity contribution in [3.63, 3.8) is 0 Å². The van der Waals surface area contributed by atoms with Crippen molar-refractivity contribution in [3.05, 3.63) is 16.0 Å². The number of aliphatic hydroxyl groups is 1. The predicted molar refractivity (Wildman–Crippen MR) is 76.8 cm³/mol. The zero-order valence-electron chi connectivity index (χ0n) is 11.1. The van der Waals surface area contributed by atoms with Crippen LogP contribution in [0.4, 0.5) is 5.00 Å². The number of fused-ring (bicyclic) bond motifs is 1. The van der Waals surface area contributed by atoms with Crippen molar-refractivity contribution in [3.8, 4) is 0 Å². The maximum absolute atomic E-state index is 11.9. The number of nitrogens with one attached hydrogen (secondary N) is 1. The van der Waals surface area contributed by atoms with Crippen molar-refractivity contribution in [2.75, 3.05) is 11.9 Å². The van der Waals surface area contributed by atoms with Gasteiger partial charge < -0.3 is 16.2 Å². The van der Waals surface area contributed by atoms with E-state index < -0.39 is 5.91 Å². The second-order valence-corrected chi connectivity index (χ2v) is 6.73. The third-order valence-corrected chi connectivity index (χ3v) is 5.23. The van der Waals surface area contributed by atoms with Crippen LogP contribution in [0.5, 0.6) is 0 Å². The fourth-order valence-electron chi connectivity index (χ4n) is 2.72. The van der Waals surface area contributed by atoms with Crippen LogP contribution < -0.4 is 11.1 Å². The van der Waals surface area contributed by atoms with Gasteiger partial charge in [0.2, 0.25) is 5.91 Å². The van der Waals surface area contributed by atoms with Crippen molar-refractivity contribution in [2.45, 2.75) is 32.1 Å². The average molecular weight is 294 g/mol. The van der Waals surface area contributed by atoms with Crippen molar-refractivity contribution in [1.29, 1.82) is 0 Å². The first-order valence-electron chi connectivity index (χ1n) is 6.96. The molecule has 0 bridgehead atoms. The molecule has 2 aliphatic rings. The van der Waals surface area contributed by atoms with Gasteiger partial charge in [0.25, 0.3) is 5.91 Å². The molecule has 0 aliphatic heterocycles. The van der Waals surface area contributed by atoms with Crippen LogP contribution in [0.2, 0.25) is 0 Å². The Balaban J connectivity index is 1.91. The van der Waals surface area contributed by atoms with Gasteiger partial charge in [0.15, 0.2) is 0 Å². The summed E-state index contributed by atoms with van der Waals surface area (Å²) in [5.74, 6) is -0.144. The van der Waals surface area contributed by atoms with E-state index in [-0.39, 0.29) is 24.3 Å². The van der Waals surface area contributed by atoms with Crippen LogP contribution >= 0.6 is 11.3 Å². The van der Waals surface area contributed by atoms with E-state index in [2.05, 4.69) is 5.32 Å². The molecular formula is C14H18N2O3S. The molecule has 20 heavy (non-hydrogen) atoms. The van der Waals surface area contributed by atoms with Gasteiger partial charge in [0, 0.05) is 17.4 Å². The third kappa shape index (κ3) is 2.45. The Morgan fingerprint density at radius 3 is 2.70 bits per heavy atom. The van der Waals surface area contributed by atoms with Crippen LogP contribution in [0, 0.1) is 11.8 Å². The molecule has 1 atom stereocenters. The second kappa shape index (κ2) is 5.18. The highest BCUT2D eigenvalue weighted by atomic mass is 32.1. The normalized spacial score (nSPS) is 21.4. The first-order valence-corrected chi connectivity index (χ1v) is 7.77. The molecule has 0 spiro atoms. The highest BCUT2D eigenvalue weighted by Crippen LogP contribution is 2.40. The molecule has 0 radical (unpaired) electrons. The molecule has 6 heteroatoms. The maximum atomic E-state index is 11.9. The molecule has 1 saturated carbocycles. The van der Waals surface area contributed by atoms with Crippen molar-refractivity contribution < 1.29 is 14.7 Å². The highest BCUT2D eigenvalue weighted by Gasteiger charge is 2.33. The number of amides is 2. The van der Waals surface area contributed by atoms with Gasteiger partial charge >= 0.3 is 0 Å². The van der Waals surface area contributed by atoms with Crippen molar-refractivity contribution in [2.24, 2.45) is 17.6 Å². The SMILES string of the molecule is NC(=O)c1c(NC(=O)C2CC2)sc2c1CC[C@@H](CO)C2. The maximum Gasteiger partial charge on any atom is 0.251 e. The van der Waals surface area contributed by atoms with Gasteiger partial charge in [-0.1, -0.05) is 0 Å². The minimum absolute atomic E-state index is 0.00944. The highest BCUT2D eigenvalue weighted by molar-refractivity contribution is 7.17. The van der Waals surface area contributed by atoms with Gasteiger partial charge in [-0.3, -0.25) is 9.59 Å². The summed E-state index contributed by atoms with van der Waals surface area (Å²) in [5.41, 5.74) is 6.94. The number of carbonyl (C=O) groups excluding carboxylic acids is 2. The van der Waals surface area contributed by atoms with Crippen LogP contribution in [0.15, 0.2) is 0 Å². The number of anilines is 1. The summed E-state index contributed by atoms with van der Waals surface area (Å²) in [5, 5.41) is 12.7. The zero-order chi connectivity index (χ0) is 14.3. The monoisotopic (exact) mass is 294 g/mol. The van der Waals surface area contributed by atoms with E-state index in [1.165, 1.54) is 11.3 Å². The molecular weight excluding hydrogens is 276 g/mol. The topological polar surface area (TPSA) is 92.4 Å². The third-order valence-electron chi connectivity index (χ3n) is 4.06.